The number of fused-ring (bicyclic) bond motifs is 1. The average Bonchev–Trinajstić information content (AvgIpc) is 2.71. The molecule has 106 valence electrons. The highest BCUT2D eigenvalue weighted by molar-refractivity contribution is 5.85. The van der Waals surface area contributed by atoms with Crippen molar-refractivity contribution in [3.8, 4) is 0 Å². The van der Waals surface area contributed by atoms with E-state index < -0.39 is 0 Å². The number of rotatable bonds is 2. The van der Waals surface area contributed by atoms with Crippen LogP contribution in [-0.2, 0) is 4.79 Å². The van der Waals surface area contributed by atoms with E-state index in [2.05, 4.69) is 31.0 Å². The van der Waals surface area contributed by atoms with Gasteiger partial charge < -0.3 is 10.2 Å². The number of amides is 1. The number of hydrogen-bond donors (Lipinski definition) is 1. The van der Waals surface area contributed by atoms with Gasteiger partial charge in [0.05, 0.1) is 0 Å². The van der Waals surface area contributed by atoms with Crippen LogP contribution in [0.4, 0.5) is 0 Å². The Morgan fingerprint density at radius 2 is 1.94 bits per heavy atom. The molecule has 2 unspecified atom stereocenters. The van der Waals surface area contributed by atoms with Gasteiger partial charge >= 0.3 is 0 Å². The van der Waals surface area contributed by atoms with Gasteiger partial charge in [0.1, 0.15) is 0 Å². The molecule has 2 aliphatic rings. The molecule has 2 saturated heterocycles. The van der Waals surface area contributed by atoms with Crippen LogP contribution in [-0.4, -0.2) is 37.0 Å². The molecule has 2 heterocycles. The van der Waals surface area contributed by atoms with E-state index in [0.29, 0.717) is 18.2 Å². The Labute approximate surface area is 117 Å². The van der Waals surface area contributed by atoms with E-state index in [1.54, 1.807) is 0 Å². The lowest BCUT2D eigenvalue weighted by atomic mass is 9.87. The summed E-state index contributed by atoms with van der Waals surface area (Å²) < 4.78 is 0. The molecule has 2 fully saturated rings. The number of likely N-dealkylation sites (tertiary alicyclic amines) is 1. The van der Waals surface area contributed by atoms with E-state index in [1.165, 1.54) is 6.42 Å². The van der Waals surface area contributed by atoms with Crippen molar-refractivity contribution in [1.29, 1.82) is 0 Å². The molecular formula is C14H27ClN2O. The first kappa shape index (κ1) is 15.8. The van der Waals surface area contributed by atoms with Crippen molar-refractivity contribution < 1.29 is 4.79 Å². The standard InChI is InChI=1S/C14H26N2O.ClH/c1-14(2,3)6-4-13(17)16-7-5-11-8-15-9-12(11)10-16;/h11-12,15H,4-10H2,1-3H3;1H. The van der Waals surface area contributed by atoms with Gasteiger partial charge in [0, 0.05) is 19.5 Å². The Hall–Kier alpha value is -0.280. The normalized spacial score (nSPS) is 27.6. The lowest BCUT2D eigenvalue weighted by Crippen LogP contribution is -2.43. The molecule has 1 amide bonds. The van der Waals surface area contributed by atoms with Gasteiger partial charge in [-0.05, 0) is 43.2 Å². The second kappa shape index (κ2) is 6.25. The van der Waals surface area contributed by atoms with E-state index in [4.69, 9.17) is 0 Å². The number of hydrogen-bond acceptors (Lipinski definition) is 2. The van der Waals surface area contributed by atoms with Crippen LogP contribution >= 0.6 is 12.4 Å². The van der Waals surface area contributed by atoms with Crippen LogP contribution in [0.15, 0.2) is 0 Å². The van der Waals surface area contributed by atoms with Gasteiger partial charge in [-0.2, -0.15) is 0 Å². The second-order valence-corrected chi connectivity index (χ2v) is 6.87. The molecular weight excluding hydrogens is 248 g/mol. The summed E-state index contributed by atoms with van der Waals surface area (Å²) >= 11 is 0. The fourth-order valence-corrected chi connectivity index (χ4v) is 2.90. The number of carbonyl (C=O) groups is 1. The molecule has 0 spiro atoms. The predicted molar refractivity (Wildman–Crippen MR) is 77.0 cm³/mol. The Morgan fingerprint density at radius 1 is 1.28 bits per heavy atom. The molecule has 2 atom stereocenters. The van der Waals surface area contributed by atoms with Crippen molar-refractivity contribution in [2.45, 2.75) is 40.0 Å². The molecule has 0 radical (unpaired) electrons. The van der Waals surface area contributed by atoms with Gasteiger partial charge in [-0.1, -0.05) is 20.8 Å². The van der Waals surface area contributed by atoms with Crippen LogP contribution in [0.5, 0.6) is 0 Å². The maximum absolute atomic E-state index is 12.1. The van der Waals surface area contributed by atoms with E-state index in [0.717, 1.165) is 38.5 Å². The van der Waals surface area contributed by atoms with Gasteiger partial charge in [0.15, 0.2) is 0 Å². The summed E-state index contributed by atoms with van der Waals surface area (Å²) in [6.07, 6.45) is 2.90. The molecule has 0 aromatic carbocycles. The van der Waals surface area contributed by atoms with Crippen LogP contribution in [0.3, 0.4) is 0 Å². The molecule has 0 saturated carbocycles. The number of nitrogens with zero attached hydrogens (tertiary/aromatic N) is 1. The zero-order valence-corrected chi connectivity index (χ0v) is 12.7. The number of carbonyl (C=O) groups excluding carboxylic acids is 1. The minimum absolute atomic E-state index is 0. The lowest BCUT2D eigenvalue weighted by Gasteiger charge is -2.35. The predicted octanol–water partition coefficient (Wildman–Crippen LogP) is 2.30. The number of piperidine rings is 1. The maximum atomic E-state index is 12.1. The largest absolute Gasteiger partial charge is 0.342 e. The van der Waals surface area contributed by atoms with E-state index in [1.807, 2.05) is 0 Å². The van der Waals surface area contributed by atoms with Crippen LogP contribution in [0.1, 0.15) is 40.0 Å². The van der Waals surface area contributed by atoms with Crippen molar-refractivity contribution in [1.82, 2.24) is 10.2 Å². The molecule has 3 nitrogen and oxygen atoms in total. The Kier molecular flexibility index (Phi) is 5.47. The first-order chi connectivity index (χ1) is 7.96. The van der Waals surface area contributed by atoms with Crippen LogP contribution in [0, 0.1) is 17.3 Å². The van der Waals surface area contributed by atoms with Gasteiger partial charge in [0.2, 0.25) is 5.91 Å². The summed E-state index contributed by atoms with van der Waals surface area (Å²) in [5, 5.41) is 3.44. The van der Waals surface area contributed by atoms with Crippen molar-refractivity contribution in [2.24, 2.45) is 17.3 Å². The highest BCUT2D eigenvalue weighted by Gasteiger charge is 2.34. The Bertz CT molecular complexity index is 288. The second-order valence-electron chi connectivity index (χ2n) is 6.87. The molecule has 18 heavy (non-hydrogen) atoms. The van der Waals surface area contributed by atoms with Crippen LogP contribution in [0.25, 0.3) is 0 Å². The first-order valence-electron chi connectivity index (χ1n) is 6.94. The SMILES string of the molecule is CC(C)(C)CCC(=O)N1CCC2CNCC2C1.Cl. The molecule has 0 aromatic rings. The molecule has 0 aliphatic carbocycles. The minimum Gasteiger partial charge on any atom is -0.342 e. The third-order valence-electron chi connectivity index (χ3n) is 4.15. The monoisotopic (exact) mass is 274 g/mol. The summed E-state index contributed by atoms with van der Waals surface area (Å²) in [5.41, 5.74) is 0.267. The van der Waals surface area contributed by atoms with Crippen molar-refractivity contribution in [2.75, 3.05) is 26.2 Å². The quantitative estimate of drug-likeness (QED) is 0.838. The van der Waals surface area contributed by atoms with E-state index in [-0.39, 0.29) is 17.8 Å². The zero-order valence-electron chi connectivity index (χ0n) is 11.9. The molecule has 1 N–H and O–H groups in total. The fraction of sp³-hybridized carbons (Fsp3) is 0.929. The van der Waals surface area contributed by atoms with Crippen LogP contribution < -0.4 is 5.32 Å². The molecule has 2 rings (SSSR count). The Balaban J connectivity index is 0.00000162. The number of halogens is 1. The maximum Gasteiger partial charge on any atom is 0.222 e. The van der Waals surface area contributed by atoms with Gasteiger partial charge in [-0.3, -0.25) is 4.79 Å². The topological polar surface area (TPSA) is 32.3 Å². The number of nitrogens with one attached hydrogen (secondary N) is 1. The van der Waals surface area contributed by atoms with Gasteiger partial charge in [0.25, 0.3) is 0 Å². The zero-order chi connectivity index (χ0) is 12.5. The molecule has 0 aromatic heterocycles. The fourth-order valence-electron chi connectivity index (χ4n) is 2.90. The van der Waals surface area contributed by atoms with Gasteiger partial charge in [-0.15, -0.1) is 12.4 Å². The smallest absolute Gasteiger partial charge is 0.222 e. The highest BCUT2D eigenvalue weighted by Crippen LogP contribution is 2.28. The third kappa shape index (κ3) is 4.13. The molecule has 0 bridgehead atoms. The van der Waals surface area contributed by atoms with E-state index >= 15 is 0 Å². The summed E-state index contributed by atoms with van der Waals surface area (Å²) in [4.78, 5) is 14.2. The molecule has 4 heteroatoms. The van der Waals surface area contributed by atoms with E-state index in [9.17, 15) is 4.79 Å². The summed E-state index contributed by atoms with van der Waals surface area (Å²) in [5.74, 6) is 1.90. The Morgan fingerprint density at radius 3 is 2.61 bits per heavy atom. The van der Waals surface area contributed by atoms with Gasteiger partial charge in [-0.25, -0.2) is 0 Å². The summed E-state index contributed by atoms with van der Waals surface area (Å²) in [7, 11) is 0. The van der Waals surface area contributed by atoms with Crippen molar-refractivity contribution in [3.63, 3.8) is 0 Å². The highest BCUT2D eigenvalue weighted by atomic mass is 35.5. The van der Waals surface area contributed by atoms with Crippen molar-refractivity contribution in [3.05, 3.63) is 0 Å². The summed E-state index contributed by atoms with van der Waals surface area (Å²) in [6.45, 7) is 10.8. The first-order valence-corrected chi connectivity index (χ1v) is 6.94. The lowest BCUT2D eigenvalue weighted by molar-refractivity contribution is -0.133. The minimum atomic E-state index is 0. The van der Waals surface area contributed by atoms with Crippen LogP contribution in [0.2, 0.25) is 0 Å². The third-order valence-corrected chi connectivity index (χ3v) is 4.15. The van der Waals surface area contributed by atoms with Crippen molar-refractivity contribution >= 4 is 18.3 Å². The molecule has 2 aliphatic heterocycles. The summed E-state index contributed by atoms with van der Waals surface area (Å²) in [6, 6.07) is 0. The average molecular weight is 275 g/mol.